The predicted octanol–water partition coefficient (Wildman–Crippen LogP) is 9.29. The molecule has 0 aliphatic heterocycles. The van der Waals surface area contributed by atoms with Crippen molar-refractivity contribution < 1.29 is 9.53 Å². The van der Waals surface area contributed by atoms with Crippen LogP contribution in [0, 0.1) is 0 Å². The first-order valence-corrected chi connectivity index (χ1v) is 16.7. The first kappa shape index (κ1) is 28.9. The SMILES string of the molecule is C=C(C)C(=O)OC(CCCCCCCCCCCCCCCCC)P(C)(C)(C)Cl. The third kappa shape index (κ3) is 17.3. The molecule has 174 valence electrons. The molecule has 0 saturated carbocycles. The first-order chi connectivity index (χ1) is 13.5. The number of unbranched alkanes of at least 4 members (excludes halogenated alkanes) is 14. The van der Waals surface area contributed by atoms with Crippen molar-refractivity contribution in [3.63, 3.8) is 0 Å². The Morgan fingerprint density at radius 3 is 1.45 bits per heavy atom. The van der Waals surface area contributed by atoms with Crippen LogP contribution in [0.5, 0.6) is 0 Å². The van der Waals surface area contributed by atoms with Crippen LogP contribution >= 0.6 is 17.2 Å². The fourth-order valence-electron chi connectivity index (χ4n) is 3.59. The van der Waals surface area contributed by atoms with Gasteiger partial charge in [-0.3, -0.25) is 0 Å². The summed E-state index contributed by atoms with van der Waals surface area (Å²) >= 11 is 6.79. The maximum absolute atomic E-state index is 11.9. The molecule has 0 spiro atoms. The van der Waals surface area contributed by atoms with Gasteiger partial charge in [-0.05, 0) is 0 Å². The molecule has 1 atom stereocenters. The van der Waals surface area contributed by atoms with Crippen molar-refractivity contribution in [2.24, 2.45) is 0 Å². The molecule has 0 aliphatic carbocycles. The van der Waals surface area contributed by atoms with Gasteiger partial charge < -0.3 is 0 Å². The van der Waals surface area contributed by atoms with Gasteiger partial charge in [0, 0.05) is 0 Å². The third-order valence-corrected chi connectivity index (χ3v) is 8.58. The number of ether oxygens (including phenoxy) is 1. The van der Waals surface area contributed by atoms with E-state index in [-0.39, 0.29) is 11.8 Å². The van der Waals surface area contributed by atoms with Crippen molar-refractivity contribution in [1.29, 1.82) is 0 Å². The van der Waals surface area contributed by atoms with Crippen LogP contribution in [0.25, 0.3) is 0 Å². The van der Waals surface area contributed by atoms with E-state index < -0.39 is 5.96 Å². The van der Waals surface area contributed by atoms with Crippen LogP contribution < -0.4 is 0 Å². The van der Waals surface area contributed by atoms with E-state index in [1.54, 1.807) is 6.92 Å². The van der Waals surface area contributed by atoms with Crippen LogP contribution in [0.4, 0.5) is 0 Å². The van der Waals surface area contributed by atoms with E-state index in [0.717, 1.165) is 12.8 Å². The quantitative estimate of drug-likeness (QED) is 0.0850. The van der Waals surface area contributed by atoms with E-state index in [1.807, 2.05) is 0 Å². The van der Waals surface area contributed by atoms with Gasteiger partial charge in [0.2, 0.25) is 0 Å². The average Bonchev–Trinajstić information content (AvgIpc) is 2.62. The molecule has 0 heterocycles. The minimum atomic E-state index is -2.49. The second kappa shape index (κ2) is 15.7. The third-order valence-electron chi connectivity index (χ3n) is 5.62. The summed E-state index contributed by atoms with van der Waals surface area (Å²) < 4.78 is 5.69. The van der Waals surface area contributed by atoms with Crippen molar-refractivity contribution in [2.75, 3.05) is 20.0 Å². The summed E-state index contributed by atoms with van der Waals surface area (Å²) in [7, 11) is 0. The molecule has 0 rings (SSSR count). The second-order valence-electron chi connectivity index (χ2n) is 10.1. The van der Waals surface area contributed by atoms with Crippen molar-refractivity contribution >= 4 is 23.2 Å². The fraction of sp³-hybridized carbons (Fsp3) is 0.880. The Hall–Kier alpha value is -0.0700. The number of carbonyl (C=O) groups excluding carboxylic acids is 1. The van der Waals surface area contributed by atoms with Crippen molar-refractivity contribution in [3.8, 4) is 0 Å². The van der Waals surface area contributed by atoms with Gasteiger partial charge in [0.05, 0.1) is 0 Å². The number of rotatable bonds is 19. The molecule has 4 heteroatoms. The molecule has 0 bridgehead atoms. The zero-order valence-electron chi connectivity index (χ0n) is 20.2. The number of hydrogen-bond acceptors (Lipinski definition) is 2. The molecular formula is C25H50ClO2P. The van der Waals surface area contributed by atoms with Gasteiger partial charge >= 0.3 is 148 Å². The Morgan fingerprint density at radius 1 is 0.793 bits per heavy atom. The van der Waals surface area contributed by atoms with E-state index in [2.05, 4.69) is 33.5 Å². The molecule has 0 aliphatic rings. The summed E-state index contributed by atoms with van der Waals surface area (Å²) in [5, 5.41) is 0. The Bertz CT molecular complexity index is 444. The van der Waals surface area contributed by atoms with Crippen LogP contribution in [0.15, 0.2) is 12.2 Å². The molecule has 0 amide bonds. The normalized spacial score (nSPS) is 14.2. The Labute approximate surface area is 187 Å². The fourth-order valence-corrected chi connectivity index (χ4v) is 5.51. The zero-order chi connectivity index (χ0) is 22.2. The number of halogens is 1. The molecule has 0 N–H and O–H groups in total. The molecular weight excluding hydrogens is 399 g/mol. The van der Waals surface area contributed by atoms with Gasteiger partial charge in [0.1, 0.15) is 0 Å². The van der Waals surface area contributed by atoms with E-state index in [4.69, 9.17) is 16.0 Å². The van der Waals surface area contributed by atoms with Gasteiger partial charge in [0.25, 0.3) is 0 Å². The minimum absolute atomic E-state index is 0.172. The summed E-state index contributed by atoms with van der Waals surface area (Å²) in [5.41, 5.74) is 0.448. The van der Waals surface area contributed by atoms with E-state index >= 15 is 0 Å². The maximum atomic E-state index is 11.9. The van der Waals surface area contributed by atoms with Gasteiger partial charge in [0.15, 0.2) is 0 Å². The summed E-state index contributed by atoms with van der Waals surface area (Å²) in [6, 6.07) is 0. The van der Waals surface area contributed by atoms with Gasteiger partial charge in [-0.15, -0.1) is 0 Å². The molecule has 0 aromatic heterocycles. The molecule has 0 aromatic carbocycles. The number of carbonyl (C=O) groups is 1. The van der Waals surface area contributed by atoms with E-state index in [9.17, 15) is 4.79 Å². The second-order valence-corrected chi connectivity index (χ2v) is 19.7. The molecule has 1 unspecified atom stereocenters. The molecule has 0 saturated heterocycles. The summed E-state index contributed by atoms with van der Waals surface area (Å²) in [5.74, 6) is -2.97. The summed E-state index contributed by atoms with van der Waals surface area (Å²) in [4.78, 5) is 11.9. The van der Waals surface area contributed by atoms with Crippen LogP contribution in [-0.2, 0) is 9.53 Å². The first-order valence-electron chi connectivity index (χ1n) is 12.1. The van der Waals surface area contributed by atoms with Gasteiger partial charge in [-0.25, -0.2) is 0 Å². The Balaban J connectivity index is 3.71. The summed E-state index contributed by atoms with van der Waals surface area (Å²) in [6.07, 6.45) is 21.2. The number of esters is 1. The standard InChI is InChI=1S/C25H50ClO2P/c1-7-8-9-10-11-12-13-14-15-16-17-18-19-20-21-22-24(29(4,5,6)26)28-25(27)23(2)3/h24H,2,7-22H2,1,3-6H3. The van der Waals surface area contributed by atoms with Crippen LogP contribution in [0.1, 0.15) is 117 Å². The van der Waals surface area contributed by atoms with E-state index in [1.165, 1.54) is 89.9 Å². The van der Waals surface area contributed by atoms with Gasteiger partial charge in [-0.1, -0.05) is 39.0 Å². The van der Waals surface area contributed by atoms with Gasteiger partial charge in [-0.2, -0.15) is 0 Å². The monoisotopic (exact) mass is 448 g/mol. The van der Waals surface area contributed by atoms with Crippen LogP contribution in [0.3, 0.4) is 0 Å². The Morgan fingerprint density at radius 2 is 1.14 bits per heavy atom. The molecule has 0 fully saturated rings. The molecule has 0 aromatic rings. The number of hydrogen-bond donors (Lipinski definition) is 0. The summed E-state index contributed by atoms with van der Waals surface area (Å²) in [6.45, 7) is 13.8. The van der Waals surface area contributed by atoms with Crippen LogP contribution in [-0.4, -0.2) is 31.8 Å². The zero-order valence-corrected chi connectivity index (χ0v) is 21.9. The average molecular weight is 449 g/mol. The molecule has 2 nitrogen and oxygen atoms in total. The van der Waals surface area contributed by atoms with Crippen LogP contribution in [0.2, 0.25) is 0 Å². The molecule has 29 heavy (non-hydrogen) atoms. The Kier molecular flexibility index (Phi) is 15.7. The van der Waals surface area contributed by atoms with Crippen molar-refractivity contribution in [3.05, 3.63) is 12.2 Å². The predicted molar refractivity (Wildman–Crippen MR) is 135 cm³/mol. The molecule has 0 radical (unpaired) electrons. The van der Waals surface area contributed by atoms with Crippen molar-refractivity contribution in [2.45, 2.75) is 122 Å². The topological polar surface area (TPSA) is 26.3 Å². The van der Waals surface area contributed by atoms with Crippen molar-refractivity contribution in [1.82, 2.24) is 0 Å². The van der Waals surface area contributed by atoms with E-state index in [0.29, 0.717) is 5.57 Å².